The second-order valence-electron chi connectivity index (χ2n) is 9.22. The van der Waals surface area contributed by atoms with E-state index in [1.807, 2.05) is 32.0 Å². The minimum absolute atomic E-state index is 0.00120. The van der Waals surface area contributed by atoms with Crippen molar-refractivity contribution in [3.05, 3.63) is 65.4 Å². The first-order valence-corrected chi connectivity index (χ1v) is 11.4. The average molecular weight is 504 g/mol. The lowest BCUT2D eigenvalue weighted by Gasteiger charge is -2.38. The third-order valence-electron chi connectivity index (χ3n) is 6.54. The van der Waals surface area contributed by atoms with Crippen molar-refractivity contribution in [2.45, 2.75) is 31.1 Å². The molecule has 192 valence electrons. The Kier molecular flexibility index (Phi) is 6.91. The maximum atomic E-state index is 15.2. The molecule has 0 saturated heterocycles. The Morgan fingerprint density at radius 3 is 2.67 bits per heavy atom. The van der Waals surface area contributed by atoms with Gasteiger partial charge < -0.3 is 26.3 Å². The fraction of sp³-hybridized carbons (Fsp3) is 0.360. The van der Waals surface area contributed by atoms with Crippen LogP contribution in [0.25, 0.3) is 22.2 Å². The summed E-state index contributed by atoms with van der Waals surface area (Å²) in [6.45, 7) is 2.53. The number of hydrogen-bond donors (Lipinski definition) is 4. The topological polar surface area (TPSA) is 94.9 Å². The summed E-state index contributed by atoms with van der Waals surface area (Å²) in [5, 5.41) is 6.43. The Bertz CT molecular complexity index is 1330. The highest BCUT2D eigenvalue weighted by molar-refractivity contribution is 5.97. The number of hydrogen-bond acceptors (Lipinski definition) is 6. The number of fused-ring (bicyclic) bond motifs is 1. The van der Waals surface area contributed by atoms with Crippen LogP contribution in [0.4, 0.5) is 23.5 Å². The van der Waals surface area contributed by atoms with E-state index in [1.54, 1.807) is 19.2 Å². The lowest BCUT2D eigenvalue weighted by atomic mass is 9.82. The zero-order chi connectivity index (χ0) is 26.3. The Hall–Kier alpha value is -3.28. The molecule has 2 atom stereocenters. The Labute approximate surface area is 206 Å². The van der Waals surface area contributed by atoms with Crippen LogP contribution in [0.15, 0.2) is 54.3 Å². The van der Waals surface area contributed by atoms with Crippen molar-refractivity contribution in [1.29, 1.82) is 0 Å². The molecule has 3 aromatic rings. The van der Waals surface area contributed by atoms with E-state index in [-0.39, 0.29) is 22.9 Å². The van der Waals surface area contributed by atoms with Crippen molar-refractivity contribution in [1.82, 2.24) is 25.2 Å². The van der Waals surface area contributed by atoms with E-state index in [1.165, 1.54) is 18.3 Å². The monoisotopic (exact) mass is 503 g/mol. The van der Waals surface area contributed by atoms with Crippen LogP contribution in [0.5, 0.6) is 0 Å². The molecule has 0 bridgehead atoms. The second-order valence-corrected chi connectivity index (χ2v) is 9.22. The molecule has 1 aliphatic rings. The number of allylic oxidation sites excluding steroid dienone is 1. The third kappa shape index (κ3) is 4.86. The van der Waals surface area contributed by atoms with E-state index in [2.05, 4.69) is 25.6 Å². The summed E-state index contributed by atoms with van der Waals surface area (Å²) in [5.41, 5.74) is 6.14. The molecule has 36 heavy (non-hydrogen) atoms. The molecular formula is C25H29F4N7. The summed E-state index contributed by atoms with van der Waals surface area (Å²) in [6.07, 6.45) is 0.961. The number of likely N-dealkylation sites (N-methyl/N-ethyl adjacent to an activating group) is 1. The summed E-state index contributed by atoms with van der Waals surface area (Å²) in [5.74, 6) is -0.773. The molecule has 0 fully saturated rings. The SMILES string of the molecule is CNC1(CCN(C)C)C=C(F)C(Nc2ncc(C(F)(F)F)c(-c3c[nH]c4c(C)cccc34)n2)=CC1N. The van der Waals surface area contributed by atoms with Crippen molar-refractivity contribution in [2.24, 2.45) is 5.73 Å². The molecule has 0 radical (unpaired) electrons. The third-order valence-corrected chi connectivity index (χ3v) is 6.54. The fourth-order valence-electron chi connectivity index (χ4n) is 4.40. The Morgan fingerprint density at radius 2 is 2.00 bits per heavy atom. The average Bonchev–Trinajstić information content (AvgIpc) is 3.25. The van der Waals surface area contributed by atoms with Gasteiger partial charge in [-0.25, -0.2) is 14.4 Å². The number of nitrogens with one attached hydrogen (secondary N) is 3. The fourth-order valence-corrected chi connectivity index (χ4v) is 4.40. The van der Waals surface area contributed by atoms with Crippen LogP contribution in [-0.4, -0.2) is 59.1 Å². The number of aromatic amines is 1. The second kappa shape index (κ2) is 9.64. The van der Waals surface area contributed by atoms with Gasteiger partial charge in [-0.05, 0) is 58.7 Å². The molecule has 7 nitrogen and oxygen atoms in total. The van der Waals surface area contributed by atoms with Gasteiger partial charge in [0, 0.05) is 34.9 Å². The summed E-state index contributed by atoms with van der Waals surface area (Å²) < 4.78 is 56.8. The van der Waals surface area contributed by atoms with Crippen LogP contribution in [-0.2, 0) is 6.18 Å². The number of aryl methyl sites for hydroxylation is 1. The number of aromatic nitrogens is 3. The summed E-state index contributed by atoms with van der Waals surface area (Å²) in [7, 11) is 5.53. The van der Waals surface area contributed by atoms with E-state index in [0.717, 1.165) is 5.56 Å². The van der Waals surface area contributed by atoms with Crippen LogP contribution in [0.2, 0.25) is 0 Å². The number of alkyl halides is 3. The van der Waals surface area contributed by atoms with Gasteiger partial charge in [0.25, 0.3) is 0 Å². The van der Waals surface area contributed by atoms with Crippen molar-refractivity contribution >= 4 is 16.9 Å². The molecule has 5 N–H and O–H groups in total. The number of nitrogens with zero attached hydrogens (tertiary/aromatic N) is 3. The van der Waals surface area contributed by atoms with Gasteiger partial charge in [-0.3, -0.25) is 0 Å². The maximum Gasteiger partial charge on any atom is 0.419 e. The van der Waals surface area contributed by atoms with Crippen LogP contribution in [0, 0.1) is 6.92 Å². The van der Waals surface area contributed by atoms with Crippen LogP contribution in [0.3, 0.4) is 0 Å². The molecule has 0 spiro atoms. The Morgan fingerprint density at radius 1 is 1.25 bits per heavy atom. The lowest BCUT2D eigenvalue weighted by molar-refractivity contribution is -0.137. The number of H-pyrrole nitrogens is 1. The van der Waals surface area contributed by atoms with Gasteiger partial charge >= 0.3 is 6.18 Å². The molecule has 4 rings (SSSR count). The smallest absolute Gasteiger partial charge is 0.360 e. The number of halogens is 4. The van der Waals surface area contributed by atoms with Gasteiger partial charge in [-0.1, -0.05) is 18.2 Å². The van der Waals surface area contributed by atoms with E-state index in [0.29, 0.717) is 30.1 Å². The molecule has 1 aliphatic carbocycles. The van der Waals surface area contributed by atoms with Crippen LogP contribution >= 0.6 is 0 Å². The number of rotatable bonds is 7. The molecule has 11 heteroatoms. The van der Waals surface area contributed by atoms with Crippen molar-refractivity contribution in [3.8, 4) is 11.3 Å². The predicted octanol–water partition coefficient (Wildman–Crippen LogP) is 4.35. The molecule has 2 unspecified atom stereocenters. The quantitative estimate of drug-likeness (QED) is 0.358. The summed E-state index contributed by atoms with van der Waals surface area (Å²) in [6, 6.07) is 4.74. The number of benzene rings is 1. The van der Waals surface area contributed by atoms with Gasteiger partial charge in [0.05, 0.1) is 16.9 Å². The Balaban J connectivity index is 1.72. The molecular weight excluding hydrogens is 474 g/mol. The van der Waals surface area contributed by atoms with Crippen LogP contribution in [0.1, 0.15) is 17.5 Å². The largest absolute Gasteiger partial charge is 0.419 e. The number of para-hydroxylation sites is 1. The highest BCUT2D eigenvalue weighted by Crippen LogP contribution is 2.39. The van der Waals surface area contributed by atoms with Gasteiger partial charge in [-0.2, -0.15) is 13.2 Å². The van der Waals surface area contributed by atoms with E-state index < -0.39 is 29.1 Å². The minimum Gasteiger partial charge on any atom is -0.360 e. The summed E-state index contributed by atoms with van der Waals surface area (Å²) in [4.78, 5) is 13.0. The first kappa shape index (κ1) is 25.8. The maximum absolute atomic E-state index is 15.2. The minimum atomic E-state index is -4.68. The van der Waals surface area contributed by atoms with Crippen molar-refractivity contribution in [2.75, 3.05) is 33.0 Å². The van der Waals surface area contributed by atoms with Gasteiger partial charge in [0.2, 0.25) is 5.95 Å². The van der Waals surface area contributed by atoms with E-state index in [9.17, 15) is 13.2 Å². The van der Waals surface area contributed by atoms with E-state index in [4.69, 9.17) is 5.73 Å². The normalized spacial score (nSPS) is 20.6. The molecule has 1 aromatic carbocycles. The molecule has 0 aliphatic heterocycles. The van der Waals surface area contributed by atoms with Crippen molar-refractivity contribution < 1.29 is 17.6 Å². The van der Waals surface area contributed by atoms with Gasteiger partial charge in [-0.15, -0.1) is 0 Å². The van der Waals surface area contributed by atoms with Gasteiger partial charge in [0.1, 0.15) is 11.4 Å². The van der Waals surface area contributed by atoms with E-state index >= 15 is 4.39 Å². The number of nitrogens with two attached hydrogens (primary N) is 1. The van der Waals surface area contributed by atoms with Gasteiger partial charge in [0.15, 0.2) is 0 Å². The predicted molar refractivity (Wildman–Crippen MR) is 133 cm³/mol. The standard InChI is InChI=1S/C25H29F4N7/c1-14-6-5-7-15-16(12-32-21(14)15)22-17(25(27,28)29)13-33-23(35-22)34-19-10-20(30)24(31-2,11-18(19)26)8-9-36(3)4/h5-7,10-13,20,31-32H,8-9,30H2,1-4H3,(H,33,34,35). The van der Waals surface area contributed by atoms with Crippen molar-refractivity contribution in [3.63, 3.8) is 0 Å². The first-order chi connectivity index (χ1) is 16.9. The molecule has 2 aromatic heterocycles. The first-order valence-electron chi connectivity index (χ1n) is 11.4. The molecule has 0 saturated carbocycles. The summed E-state index contributed by atoms with van der Waals surface area (Å²) >= 11 is 0. The van der Waals surface area contributed by atoms with Crippen LogP contribution < -0.4 is 16.4 Å². The number of anilines is 1. The highest BCUT2D eigenvalue weighted by atomic mass is 19.4. The molecule has 2 heterocycles. The highest BCUT2D eigenvalue weighted by Gasteiger charge is 2.38. The lowest BCUT2D eigenvalue weighted by Crippen LogP contribution is -2.57. The zero-order valence-electron chi connectivity index (χ0n) is 20.5. The zero-order valence-corrected chi connectivity index (χ0v) is 20.5. The molecule has 0 amide bonds.